The summed E-state index contributed by atoms with van der Waals surface area (Å²) >= 11 is 0. The molecule has 0 spiro atoms. The topological polar surface area (TPSA) is 66.4 Å². The van der Waals surface area contributed by atoms with E-state index in [4.69, 9.17) is 4.89 Å². The van der Waals surface area contributed by atoms with E-state index in [0.29, 0.717) is 0 Å². The molecule has 1 amide bonds. The largest absolute Gasteiger partial charge is 0.535 e. The van der Waals surface area contributed by atoms with Crippen molar-refractivity contribution in [2.75, 3.05) is 0 Å². The Morgan fingerprint density at radius 2 is 2.14 bits per heavy atom. The van der Waals surface area contributed by atoms with Gasteiger partial charge in [0.1, 0.15) is 0 Å². The second kappa shape index (κ2) is 3.48. The van der Waals surface area contributed by atoms with Crippen molar-refractivity contribution in [1.29, 1.82) is 0 Å². The van der Waals surface area contributed by atoms with Gasteiger partial charge in [-0.3, -0.25) is 4.79 Å². The lowest BCUT2D eigenvalue weighted by Crippen LogP contribution is -2.33. The third-order valence-corrected chi connectivity index (χ3v) is 3.07. The summed E-state index contributed by atoms with van der Waals surface area (Å²) in [7, 11) is -2.41. The number of benzene rings is 1. The predicted octanol–water partition coefficient (Wildman–Crippen LogP) is 1.09. The fourth-order valence-electron chi connectivity index (χ4n) is 1.59. The molecule has 2 unspecified atom stereocenters. The van der Waals surface area contributed by atoms with Crippen molar-refractivity contribution in [1.82, 2.24) is 5.32 Å². The molecule has 14 heavy (non-hydrogen) atoms. The molecule has 0 fully saturated rings. The van der Waals surface area contributed by atoms with Crippen LogP contribution in [0.5, 0.6) is 0 Å². The monoisotopic (exact) mass is 210 g/mol. The zero-order chi connectivity index (χ0) is 10.1. The van der Waals surface area contributed by atoms with Gasteiger partial charge < -0.3 is 5.32 Å². The summed E-state index contributed by atoms with van der Waals surface area (Å²) in [6, 6.07) is 7.18. The highest BCUT2D eigenvalue weighted by Gasteiger charge is 2.37. The van der Waals surface area contributed by atoms with Crippen molar-refractivity contribution >= 4 is 13.9 Å². The summed E-state index contributed by atoms with van der Waals surface area (Å²) in [5.74, 6) is -0.950. The van der Waals surface area contributed by atoms with Gasteiger partial charge in [0, 0.05) is 5.56 Å². The van der Waals surface area contributed by atoms with E-state index in [1.807, 2.05) is 6.07 Å². The maximum absolute atomic E-state index is 11.2. The van der Waals surface area contributed by atoms with E-state index in [-0.39, 0.29) is 12.3 Å². The number of fused-ring (bicyclic) bond motifs is 1. The van der Waals surface area contributed by atoms with Crippen LogP contribution in [0.3, 0.4) is 0 Å². The summed E-state index contributed by atoms with van der Waals surface area (Å²) < 4.78 is 11.0. The minimum atomic E-state index is -2.41. The Bertz CT molecular complexity index is 405. The Kier molecular flexibility index (Phi) is 2.32. The Morgan fingerprint density at radius 1 is 1.43 bits per heavy atom. The van der Waals surface area contributed by atoms with Crippen molar-refractivity contribution in [3.8, 4) is 0 Å². The molecular formula is C9H9NO3P+. The third-order valence-electron chi connectivity index (χ3n) is 2.22. The van der Waals surface area contributed by atoms with Crippen LogP contribution in [0.1, 0.15) is 16.9 Å². The van der Waals surface area contributed by atoms with Gasteiger partial charge in [-0.25, -0.2) is 0 Å². The van der Waals surface area contributed by atoms with Gasteiger partial charge in [-0.1, -0.05) is 24.3 Å². The predicted molar refractivity (Wildman–Crippen MR) is 50.9 cm³/mol. The molecule has 1 aliphatic heterocycles. The number of hydrogen-bond acceptors (Lipinski definition) is 2. The van der Waals surface area contributed by atoms with Crippen LogP contribution in [0.4, 0.5) is 0 Å². The van der Waals surface area contributed by atoms with Crippen LogP contribution in [-0.2, 0) is 15.8 Å². The molecule has 0 radical (unpaired) electrons. The van der Waals surface area contributed by atoms with Crippen molar-refractivity contribution in [3.05, 3.63) is 35.4 Å². The number of nitrogens with one attached hydrogen (secondary N) is 1. The molecule has 0 saturated heterocycles. The fraction of sp³-hybridized carbons (Fsp3) is 0.222. The molecular weight excluding hydrogens is 201 g/mol. The first-order valence-corrected chi connectivity index (χ1v) is 5.49. The maximum Gasteiger partial charge on any atom is 0.535 e. The SMILES string of the molecule is O=C1Cc2ccccc2C([P+](=O)O)N1. The van der Waals surface area contributed by atoms with E-state index in [1.165, 1.54) is 0 Å². The zero-order valence-electron chi connectivity index (χ0n) is 7.30. The van der Waals surface area contributed by atoms with Crippen molar-refractivity contribution in [2.24, 2.45) is 0 Å². The first kappa shape index (κ1) is 9.31. The molecule has 0 aliphatic carbocycles. The van der Waals surface area contributed by atoms with Gasteiger partial charge in [-0.2, -0.15) is 4.89 Å². The second-order valence-electron chi connectivity index (χ2n) is 3.15. The van der Waals surface area contributed by atoms with Crippen LogP contribution in [0, 0.1) is 0 Å². The number of amides is 1. The van der Waals surface area contributed by atoms with E-state index in [0.717, 1.165) is 11.1 Å². The van der Waals surface area contributed by atoms with E-state index in [2.05, 4.69) is 5.32 Å². The molecule has 0 bridgehead atoms. The van der Waals surface area contributed by atoms with Gasteiger partial charge in [0.15, 0.2) is 0 Å². The van der Waals surface area contributed by atoms with Crippen LogP contribution in [0.25, 0.3) is 0 Å². The summed E-state index contributed by atoms with van der Waals surface area (Å²) in [4.78, 5) is 20.2. The summed E-state index contributed by atoms with van der Waals surface area (Å²) in [6.45, 7) is 0. The van der Waals surface area contributed by atoms with Crippen LogP contribution in [-0.4, -0.2) is 10.8 Å². The second-order valence-corrected chi connectivity index (χ2v) is 4.27. The molecule has 1 aliphatic rings. The van der Waals surface area contributed by atoms with Gasteiger partial charge in [0.25, 0.3) is 5.78 Å². The summed E-state index contributed by atoms with van der Waals surface area (Å²) in [5.41, 5.74) is 1.58. The lowest BCUT2D eigenvalue weighted by molar-refractivity contribution is -0.121. The quantitative estimate of drug-likeness (QED) is 0.682. The standard InChI is InChI=1S/C9H8NO3P/c11-8-5-6-3-1-2-4-7(6)9(10-8)14(12)13/h1-4,9H,5H2,(H-,10,11,12,13)/p+1. The van der Waals surface area contributed by atoms with Gasteiger partial charge in [-0.05, 0) is 10.1 Å². The number of carbonyl (C=O) groups is 1. The van der Waals surface area contributed by atoms with E-state index in [1.54, 1.807) is 18.2 Å². The Labute approximate surface area is 81.8 Å². The lowest BCUT2D eigenvalue weighted by atomic mass is 10.0. The molecule has 2 N–H and O–H groups in total. The van der Waals surface area contributed by atoms with Crippen molar-refractivity contribution < 1.29 is 14.3 Å². The van der Waals surface area contributed by atoms with E-state index >= 15 is 0 Å². The highest BCUT2D eigenvalue weighted by atomic mass is 31.1. The molecule has 5 heteroatoms. The number of carbonyl (C=O) groups excluding carboxylic acids is 1. The molecule has 2 atom stereocenters. The molecule has 1 heterocycles. The first-order valence-electron chi connectivity index (χ1n) is 4.21. The van der Waals surface area contributed by atoms with Crippen LogP contribution >= 0.6 is 8.03 Å². The molecule has 1 aromatic carbocycles. The molecule has 1 aromatic rings. The van der Waals surface area contributed by atoms with Gasteiger partial charge in [0.2, 0.25) is 5.91 Å². The minimum absolute atomic E-state index is 0.203. The minimum Gasteiger partial charge on any atom is -0.306 e. The normalized spacial score (nSPS) is 21.1. The number of rotatable bonds is 1. The highest BCUT2D eigenvalue weighted by molar-refractivity contribution is 7.38. The van der Waals surface area contributed by atoms with E-state index < -0.39 is 13.8 Å². The van der Waals surface area contributed by atoms with Crippen molar-refractivity contribution in [3.63, 3.8) is 0 Å². The Hall–Kier alpha value is -1.25. The fourth-order valence-corrected chi connectivity index (χ4v) is 2.33. The maximum atomic E-state index is 11.2. The summed E-state index contributed by atoms with van der Waals surface area (Å²) in [5, 5.41) is 2.50. The smallest absolute Gasteiger partial charge is 0.306 e. The Balaban J connectivity index is 2.48. The first-order chi connectivity index (χ1) is 6.68. The molecule has 72 valence electrons. The van der Waals surface area contributed by atoms with E-state index in [9.17, 15) is 9.36 Å². The zero-order valence-corrected chi connectivity index (χ0v) is 8.20. The lowest BCUT2D eigenvalue weighted by Gasteiger charge is -2.17. The molecule has 0 saturated carbocycles. The van der Waals surface area contributed by atoms with Gasteiger partial charge in [0.05, 0.1) is 6.42 Å². The van der Waals surface area contributed by atoms with Gasteiger partial charge in [-0.15, -0.1) is 0 Å². The number of hydrogen-bond donors (Lipinski definition) is 2. The molecule has 2 rings (SSSR count). The van der Waals surface area contributed by atoms with Crippen LogP contribution in [0.2, 0.25) is 0 Å². The average Bonchev–Trinajstić information content (AvgIpc) is 2.16. The Morgan fingerprint density at radius 3 is 2.86 bits per heavy atom. The molecule has 0 aromatic heterocycles. The highest BCUT2D eigenvalue weighted by Crippen LogP contribution is 2.38. The third kappa shape index (κ3) is 1.54. The van der Waals surface area contributed by atoms with Crippen molar-refractivity contribution in [2.45, 2.75) is 12.2 Å². The average molecular weight is 210 g/mol. The van der Waals surface area contributed by atoms with Crippen LogP contribution < -0.4 is 5.32 Å². The van der Waals surface area contributed by atoms with Crippen LogP contribution in [0.15, 0.2) is 24.3 Å². The molecule has 4 nitrogen and oxygen atoms in total. The van der Waals surface area contributed by atoms with Gasteiger partial charge >= 0.3 is 8.03 Å². The summed E-state index contributed by atoms with van der Waals surface area (Å²) in [6.07, 6.45) is 0.288.